The zero-order chi connectivity index (χ0) is 17.4. The maximum Gasteiger partial charge on any atom is 0.251 e. The minimum absolute atomic E-state index is 0.0142. The fourth-order valence-electron chi connectivity index (χ4n) is 3.14. The van der Waals surface area contributed by atoms with Gasteiger partial charge in [0.25, 0.3) is 5.91 Å². The van der Waals surface area contributed by atoms with Crippen LogP contribution in [0.1, 0.15) is 72.6 Å². The summed E-state index contributed by atoms with van der Waals surface area (Å²) in [5.41, 5.74) is 1.05. The number of rotatable bonds is 9. The van der Waals surface area contributed by atoms with Crippen LogP contribution in [0, 0.1) is 5.92 Å². The standard InChI is InChI=1S/C19H35NO3/c1-6-8-9-11-16(10-7-2)20-19(22)18(21)17-12-13(3)14(4)15(5)23-17/h14-18,21H,3,6-12H2,1-2,4-5H3,(H,20,22). The number of unbranched alkanes of at least 4 members (excludes halogenated alkanes) is 2. The lowest BCUT2D eigenvalue weighted by molar-refractivity contribution is -0.147. The van der Waals surface area contributed by atoms with Crippen molar-refractivity contribution in [1.82, 2.24) is 5.32 Å². The van der Waals surface area contributed by atoms with Crippen LogP contribution in [0.15, 0.2) is 12.2 Å². The molecule has 1 amide bonds. The van der Waals surface area contributed by atoms with E-state index in [2.05, 4.69) is 32.7 Å². The van der Waals surface area contributed by atoms with Gasteiger partial charge in [-0.15, -0.1) is 0 Å². The SMILES string of the molecule is C=C1CC(C(O)C(=O)NC(CCC)CCCCC)OC(C)C1C. The van der Waals surface area contributed by atoms with Crippen molar-refractivity contribution >= 4 is 5.91 Å². The highest BCUT2D eigenvalue weighted by Crippen LogP contribution is 2.30. The van der Waals surface area contributed by atoms with E-state index in [0.29, 0.717) is 6.42 Å². The van der Waals surface area contributed by atoms with Crippen molar-refractivity contribution in [2.75, 3.05) is 0 Å². The smallest absolute Gasteiger partial charge is 0.251 e. The van der Waals surface area contributed by atoms with E-state index in [4.69, 9.17) is 4.74 Å². The summed E-state index contributed by atoms with van der Waals surface area (Å²) < 4.78 is 5.82. The van der Waals surface area contributed by atoms with Gasteiger partial charge in [0.2, 0.25) is 0 Å². The Labute approximate surface area is 141 Å². The molecule has 0 spiro atoms. The van der Waals surface area contributed by atoms with Gasteiger partial charge in [0.15, 0.2) is 6.10 Å². The van der Waals surface area contributed by atoms with E-state index in [9.17, 15) is 9.90 Å². The molecule has 5 atom stereocenters. The molecular weight excluding hydrogens is 290 g/mol. The molecule has 4 nitrogen and oxygen atoms in total. The Hall–Kier alpha value is -0.870. The Balaban J connectivity index is 2.55. The maximum atomic E-state index is 12.4. The van der Waals surface area contributed by atoms with Crippen molar-refractivity contribution in [2.45, 2.75) is 97.0 Å². The third-order valence-electron chi connectivity index (χ3n) is 4.96. The summed E-state index contributed by atoms with van der Waals surface area (Å²) in [4.78, 5) is 12.4. The van der Waals surface area contributed by atoms with Crippen LogP contribution in [-0.4, -0.2) is 35.4 Å². The Morgan fingerprint density at radius 2 is 2.00 bits per heavy atom. The van der Waals surface area contributed by atoms with Gasteiger partial charge >= 0.3 is 0 Å². The van der Waals surface area contributed by atoms with Crippen LogP contribution < -0.4 is 5.32 Å². The van der Waals surface area contributed by atoms with E-state index in [1.165, 1.54) is 12.8 Å². The number of carbonyl (C=O) groups is 1. The van der Waals surface area contributed by atoms with E-state index >= 15 is 0 Å². The van der Waals surface area contributed by atoms with Crippen molar-refractivity contribution in [3.63, 3.8) is 0 Å². The fraction of sp³-hybridized carbons (Fsp3) is 0.842. The molecule has 134 valence electrons. The van der Waals surface area contributed by atoms with Gasteiger partial charge in [0.1, 0.15) is 0 Å². The van der Waals surface area contributed by atoms with Crippen LogP contribution in [0.4, 0.5) is 0 Å². The molecule has 0 aromatic heterocycles. The molecule has 0 bridgehead atoms. The highest BCUT2D eigenvalue weighted by atomic mass is 16.5. The second-order valence-corrected chi connectivity index (χ2v) is 6.97. The lowest BCUT2D eigenvalue weighted by Crippen LogP contribution is -2.50. The number of ether oxygens (including phenoxy) is 1. The summed E-state index contributed by atoms with van der Waals surface area (Å²) in [7, 11) is 0. The molecule has 1 saturated heterocycles. The van der Waals surface area contributed by atoms with E-state index in [1.807, 2.05) is 6.92 Å². The number of aliphatic hydroxyl groups excluding tert-OH is 1. The number of hydrogen-bond donors (Lipinski definition) is 2. The molecule has 1 rings (SSSR count). The largest absolute Gasteiger partial charge is 0.381 e. The van der Waals surface area contributed by atoms with Crippen molar-refractivity contribution in [3.05, 3.63) is 12.2 Å². The molecular formula is C19H35NO3. The molecule has 4 heteroatoms. The number of nitrogens with one attached hydrogen (secondary N) is 1. The number of hydrogen-bond acceptors (Lipinski definition) is 3. The molecule has 0 aromatic carbocycles. The maximum absolute atomic E-state index is 12.4. The summed E-state index contributed by atoms with van der Waals surface area (Å²) in [5.74, 6) is -0.0390. The van der Waals surface area contributed by atoms with E-state index in [-0.39, 0.29) is 24.0 Å². The molecule has 1 aliphatic rings. The molecule has 5 unspecified atom stereocenters. The minimum Gasteiger partial charge on any atom is -0.381 e. The topological polar surface area (TPSA) is 58.6 Å². The summed E-state index contributed by atoms with van der Waals surface area (Å²) in [6.45, 7) is 12.4. The summed E-state index contributed by atoms with van der Waals surface area (Å²) in [5, 5.41) is 13.4. The molecule has 0 radical (unpaired) electrons. The van der Waals surface area contributed by atoms with Gasteiger partial charge in [0.05, 0.1) is 12.2 Å². The minimum atomic E-state index is -1.12. The van der Waals surface area contributed by atoms with Gasteiger partial charge in [-0.05, 0) is 26.2 Å². The summed E-state index contributed by atoms with van der Waals surface area (Å²) >= 11 is 0. The quantitative estimate of drug-likeness (QED) is 0.503. The third kappa shape index (κ3) is 6.27. The van der Waals surface area contributed by atoms with Gasteiger partial charge in [-0.3, -0.25) is 4.79 Å². The molecule has 0 saturated carbocycles. The lowest BCUT2D eigenvalue weighted by atomic mass is 9.88. The second-order valence-electron chi connectivity index (χ2n) is 6.97. The molecule has 1 heterocycles. The Kier molecular flexibility index (Phi) is 8.85. The molecule has 1 fully saturated rings. The summed E-state index contributed by atoms with van der Waals surface area (Å²) in [6, 6.07) is 0.150. The van der Waals surface area contributed by atoms with Gasteiger partial charge in [-0.2, -0.15) is 0 Å². The van der Waals surface area contributed by atoms with Gasteiger partial charge < -0.3 is 15.2 Å². The van der Waals surface area contributed by atoms with Crippen molar-refractivity contribution < 1.29 is 14.6 Å². The van der Waals surface area contributed by atoms with E-state index in [1.54, 1.807) is 0 Å². The van der Waals surface area contributed by atoms with E-state index < -0.39 is 12.2 Å². The Bertz CT molecular complexity index is 383. The first-order valence-electron chi connectivity index (χ1n) is 9.22. The third-order valence-corrected chi connectivity index (χ3v) is 4.96. The first kappa shape index (κ1) is 20.2. The van der Waals surface area contributed by atoms with Crippen LogP contribution in [0.3, 0.4) is 0 Å². The monoisotopic (exact) mass is 325 g/mol. The zero-order valence-corrected chi connectivity index (χ0v) is 15.3. The molecule has 1 aliphatic heterocycles. The van der Waals surface area contributed by atoms with Crippen molar-refractivity contribution in [2.24, 2.45) is 5.92 Å². The van der Waals surface area contributed by atoms with Gasteiger partial charge in [0, 0.05) is 12.0 Å². The number of aliphatic hydroxyl groups is 1. The van der Waals surface area contributed by atoms with Gasteiger partial charge in [-0.1, -0.05) is 58.6 Å². The predicted octanol–water partition coefficient (Wildman–Crippen LogP) is 3.58. The number of carbonyl (C=O) groups excluding carboxylic acids is 1. The second kappa shape index (κ2) is 10.1. The predicted molar refractivity (Wildman–Crippen MR) is 94.2 cm³/mol. The van der Waals surface area contributed by atoms with Gasteiger partial charge in [-0.25, -0.2) is 0 Å². The molecule has 2 N–H and O–H groups in total. The Morgan fingerprint density at radius 3 is 2.57 bits per heavy atom. The highest BCUT2D eigenvalue weighted by Gasteiger charge is 2.35. The fourth-order valence-corrected chi connectivity index (χ4v) is 3.14. The van der Waals surface area contributed by atoms with Crippen LogP contribution in [0.25, 0.3) is 0 Å². The van der Waals surface area contributed by atoms with Crippen LogP contribution >= 0.6 is 0 Å². The average molecular weight is 325 g/mol. The van der Waals surface area contributed by atoms with Crippen LogP contribution in [-0.2, 0) is 9.53 Å². The first-order chi connectivity index (χ1) is 10.9. The molecule has 0 aliphatic carbocycles. The Morgan fingerprint density at radius 1 is 1.30 bits per heavy atom. The van der Waals surface area contributed by atoms with E-state index in [0.717, 1.165) is 31.3 Å². The molecule has 0 aromatic rings. The number of amides is 1. The molecule has 23 heavy (non-hydrogen) atoms. The summed E-state index contributed by atoms with van der Waals surface area (Å²) in [6.07, 6.45) is 5.36. The average Bonchev–Trinajstić information content (AvgIpc) is 2.51. The highest BCUT2D eigenvalue weighted by molar-refractivity contribution is 5.81. The normalized spacial score (nSPS) is 27.5. The van der Waals surface area contributed by atoms with Crippen molar-refractivity contribution in [1.29, 1.82) is 0 Å². The first-order valence-corrected chi connectivity index (χ1v) is 9.22. The van der Waals surface area contributed by atoms with Crippen LogP contribution in [0.2, 0.25) is 0 Å². The van der Waals surface area contributed by atoms with Crippen LogP contribution in [0.5, 0.6) is 0 Å². The lowest BCUT2D eigenvalue weighted by Gasteiger charge is -2.36. The zero-order valence-electron chi connectivity index (χ0n) is 15.3. The van der Waals surface area contributed by atoms with Crippen molar-refractivity contribution in [3.8, 4) is 0 Å².